The Morgan fingerprint density at radius 3 is 2.66 bits per heavy atom. The highest BCUT2D eigenvalue weighted by Crippen LogP contribution is 2.30. The molecule has 1 fully saturated rings. The van der Waals surface area contributed by atoms with E-state index in [1.807, 2.05) is 48.5 Å². The smallest absolute Gasteiger partial charge is 0.256 e. The largest absolute Gasteiger partial charge is 0.378 e. The summed E-state index contributed by atoms with van der Waals surface area (Å²) in [6.07, 6.45) is 0.224. The molecule has 10 heteroatoms. The van der Waals surface area contributed by atoms with Gasteiger partial charge in [0.25, 0.3) is 5.91 Å². The number of rotatable bonds is 7. The van der Waals surface area contributed by atoms with Crippen molar-refractivity contribution < 1.29 is 14.3 Å². The van der Waals surface area contributed by atoms with Gasteiger partial charge in [-0.25, -0.2) is 0 Å². The Bertz CT molecular complexity index is 1340. The molecule has 3 N–H and O–H groups in total. The van der Waals surface area contributed by atoms with Gasteiger partial charge < -0.3 is 20.3 Å². The summed E-state index contributed by atoms with van der Waals surface area (Å²) in [6, 6.07) is 16.8. The van der Waals surface area contributed by atoms with Crippen LogP contribution < -0.4 is 15.5 Å². The van der Waals surface area contributed by atoms with Crippen LogP contribution in [0.4, 0.5) is 11.5 Å². The number of hydrogen-bond donors (Lipinski definition) is 3. The number of hydrogen-bond acceptors (Lipinski definition) is 6. The Labute approximate surface area is 211 Å². The highest BCUT2D eigenvalue weighted by molar-refractivity contribution is 7.18. The first-order valence-electron chi connectivity index (χ1n) is 11.3. The van der Waals surface area contributed by atoms with E-state index in [1.54, 1.807) is 6.07 Å². The summed E-state index contributed by atoms with van der Waals surface area (Å²) in [5.74, 6) is 0.180. The zero-order chi connectivity index (χ0) is 24.2. The molecule has 8 nitrogen and oxygen atoms in total. The number of aromatic nitrogens is 2. The van der Waals surface area contributed by atoms with Crippen LogP contribution in [0.1, 0.15) is 20.8 Å². The van der Waals surface area contributed by atoms with Crippen molar-refractivity contribution >= 4 is 56.5 Å². The van der Waals surface area contributed by atoms with Gasteiger partial charge in [-0.15, -0.1) is 11.3 Å². The average molecular weight is 510 g/mol. The second-order valence-corrected chi connectivity index (χ2v) is 9.70. The summed E-state index contributed by atoms with van der Waals surface area (Å²) in [7, 11) is 0. The molecule has 1 aliphatic rings. The minimum Gasteiger partial charge on any atom is -0.378 e. The van der Waals surface area contributed by atoms with E-state index in [2.05, 4.69) is 25.7 Å². The van der Waals surface area contributed by atoms with Crippen LogP contribution in [-0.4, -0.2) is 48.3 Å². The first-order valence-corrected chi connectivity index (χ1v) is 12.5. The van der Waals surface area contributed by atoms with Gasteiger partial charge in [0.2, 0.25) is 5.91 Å². The number of amides is 2. The lowest BCUT2D eigenvalue weighted by Gasteiger charge is -2.28. The van der Waals surface area contributed by atoms with Crippen LogP contribution in [0.5, 0.6) is 0 Å². The molecule has 0 aliphatic carbocycles. The van der Waals surface area contributed by atoms with Gasteiger partial charge in [-0.2, -0.15) is 5.10 Å². The van der Waals surface area contributed by atoms with Gasteiger partial charge in [-0.3, -0.25) is 14.7 Å². The van der Waals surface area contributed by atoms with Crippen LogP contribution in [0.3, 0.4) is 0 Å². The molecule has 0 atom stereocenters. The van der Waals surface area contributed by atoms with Gasteiger partial charge in [-0.1, -0.05) is 29.8 Å². The predicted octanol–water partition coefficient (Wildman–Crippen LogP) is 4.23. The number of thiophene rings is 1. The molecular weight excluding hydrogens is 486 g/mol. The van der Waals surface area contributed by atoms with Gasteiger partial charge in [0.1, 0.15) is 10.6 Å². The fourth-order valence-electron chi connectivity index (χ4n) is 3.93. The standard InChI is InChI=1S/C25H24ClN5O3S/c26-21-4-2-1-3-17(21)15-27-22(32)14-19-13-20-23(29-30-25(20)35-19)28-24(33)16-5-7-18(8-6-16)31-9-11-34-12-10-31/h1-8,13H,9-12,14-15H2,(H,27,32)(H2,28,29,30,33). The molecule has 0 saturated carbocycles. The maximum Gasteiger partial charge on any atom is 0.256 e. The monoisotopic (exact) mass is 509 g/mol. The fraction of sp³-hybridized carbons (Fsp3) is 0.240. The number of benzene rings is 2. The van der Waals surface area contributed by atoms with E-state index in [0.29, 0.717) is 36.2 Å². The predicted molar refractivity (Wildman–Crippen MR) is 138 cm³/mol. The van der Waals surface area contributed by atoms with Crippen molar-refractivity contribution in [2.45, 2.75) is 13.0 Å². The van der Waals surface area contributed by atoms with Crippen molar-refractivity contribution in [1.29, 1.82) is 0 Å². The molecule has 5 rings (SSSR count). The highest BCUT2D eigenvalue weighted by atomic mass is 35.5. The topological polar surface area (TPSA) is 99.4 Å². The molecule has 4 aromatic rings. The molecule has 180 valence electrons. The van der Waals surface area contributed by atoms with E-state index in [1.165, 1.54) is 11.3 Å². The summed E-state index contributed by atoms with van der Waals surface area (Å²) in [5, 5.41) is 14.4. The first kappa shape index (κ1) is 23.3. The number of anilines is 2. The number of carbonyl (C=O) groups is 2. The van der Waals surface area contributed by atoms with Gasteiger partial charge in [0, 0.05) is 40.8 Å². The van der Waals surface area contributed by atoms with Crippen molar-refractivity contribution in [3.05, 3.63) is 75.6 Å². The van der Waals surface area contributed by atoms with Crippen molar-refractivity contribution in [1.82, 2.24) is 15.5 Å². The molecule has 2 aromatic carbocycles. The minimum absolute atomic E-state index is 0.108. The molecule has 1 aliphatic heterocycles. The van der Waals surface area contributed by atoms with E-state index in [0.717, 1.165) is 39.4 Å². The molecule has 3 heterocycles. The Balaban J connectivity index is 1.20. The maximum absolute atomic E-state index is 12.8. The molecular formula is C25H24ClN5O3S. The average Bonchev–Trinajstić information content (AvgIpc) is 3.45. The number of H-pyrrole nitrogens is 1. The summed E-state index contributed by atoms with van der Waals surface area (Å²) < 4.78 is 5.39. The third-order valence-corrected chi connectivity index (χ3v) is 7.21. The van der Waals surface area contributed by atoms with Gasteiger partial charge in [-0.05, 0) is 42.0 Å². The second kappa shape index (κ2) is 10.5. The quantitative estimate of drug-likeness (QED) is 0.346. The second-order valence-electron chi connectivity index (χ2n) is 8.18. The van der Waals surface area contributed by atoms with Crippen molar-refractivity contribution in [2.75, 3.05) is 36.5 Å². The van der Waals surface area contributed by atoms with Crippen molar-refractivity contribution in [2.24, 2.45) is 0 Å². The zero-order valence-electron chi connectivity index (χ0n) is 18.8. The summed E-state index contributed by atoms with van der Waals surface area (Å²) in [5.41, 5.74) is 2.50. The number of halogens is 1. The van der Waals surface area contributed by atoms with Crippen LogP contribution in [0, 0.1) is 0 Å². The van der Waals surface area contributed by atoms with Gasteiger partial charge in [0.05, 0.1) is 25.0 Å². The number of carbonyl (C=O) groups excluding carboxylic acids is 2. The number of ether oxygens (including phenoxy) is 1. The lowest BCUT2D eigenvalue weighted by atomic mass is 10.1. The molecule has 0 spiro atoms. The first-order chi connectivity index (χ1) is 17.1. The Hall–Kier alpha value is -3.40. The summed E-state index contributed by atoms with van der Waals surface area (Å²) in [6.45, 7) is 3.48. The molecule has 1 saturated heterocycles. The van der Waals surface area contributed by atoms with Crippen molar-refractivity contribution in [3.8, 4) is 0 Å². The normalized spacial score (nSPS) is 13.7. The molecule has 0 bridgehead atoms. The van der Waals surface area contributed by atoms with E-state index in [-0.39, 0.29) is 18.2 Å². The minimum atomic E-state index is -0.227. The van der Waals surface area contributed by atoms with Gasteiger partial charge in [0.15, 0.2) is 0 Å². The Morgan fingerprint density at radius 2 is 1.89 bits per heavy atom. The summed E-state index contributed by atoms with van der Waals surface area (Å²) >= 11 is 7.57. The number of fused-ring (bicyclic) bond motifs is 1. The van der Waals surface area contributed by atoms with E-state index in [9.17, 15) is 9.59 Å². The number of nitrogens with one attached hydrogen (secondary N) is 3. The maximum atomic E-state index is 12.8. The third-order valence-electron chi connectivity index (χ3n) is 5.81. The fourth-order valence-corrected chi connectivity index (χ4v) is 5.12. The zero-order valence-corrected chi connectivity index (χ0v) is 20.4. The van der Waals surface area contributed by atoms with Crippen LogP contribution >= 0.6 is 22.9 Å². The molecule has 35 heavy (non-hydrogen) atoms. The SMILES string of the molecule is O=C(Cc1cc2c(NC(=O)c3ccc(N4CCOCC4)cc3)[nH]nc2s1)NCc1ccccc1Cl. The van der Waals surface area contributed by atoms with E-state index < -0.39 is 0 Å². The Morgan fingerprint density at radius 1 is 1.11 bits per heavy atom. The lowest BCUT2D eigenvalue weighted by molar-refractivity contribution is -0.120. The van der Waals surface area contributed by atoms with Gasteiger partial charge >= 0.3 is 0 Å². The van der Waals surface area contributed by atoms with E-state index in [4.69, 9.17) is 16.3 Å². The highest BCUT2D eigenvalue weighted by Gasteiger charge is 2.16. The van der Waals surface area contributed by atoms with Crippen LogP contribution in [-0.2, 0) is 22.5 Å². The number of aromatic amines is 1. The summed E-state index contributed by atoms with van der Waals surface area (Å²) in [4.78, 5) is 29.1. The molecule has 2 aromatic heterocycles. The number of nitrogens with zero attached hydrogens (tertiary/aromatic N) is 2. The molecule has 2 amide bonds. The number of morpholine rings is 1. The molecule has 0 radical (unpaired) electrons. The molecule has 0 unspecified atom stereocenters. The van der Waals surface area contributed by atoms with Crippen LogP contribution in [0.25, 0.3) is 10.2 Å². The van der Waals surface area contributed by atoms with Crippen LogP contribution in [0.2, 0.25) is 5.02 Å². The lowest BCUT2D eigenvalue weighted by Crippen LogP contribution is -2.36. The third kappa shape index (κ3) is 5.48. The van der Waals surface area contributed by atoms with Crippen molar-refractivity contribution in [3.63, 3.8) is 0 Å². The Kier molecular flexibility index (Phi) is 6.98. The van der Waals surface area contributed by atoms with Crippen LogP contribution in [0.15, 0.2) is 54.6 Å². The van der Waals surface area contributed by atoms with E-state index >= 15 is 0 Å².